The van der Waals surface area contributed by atoms with Gasteiger partial charge in [0.25, 0.3) is 0 Å². The van der Waals surface area contributed by atoms with Crippen LogP contribution in [0.15, 0.2) is 12.1 Å². The van der Waals surface area contributed by atoms with Crippen LogP contribution in [0.25, 0.3) is 0 Å². The normalized spacial score (nSPS) is 16.4. The van der Waals surface area contributed by atoms with E-state index in [0.717, 1.165) is 0 Å². The number of hydrogen-bond acceptors (Lipinski definition) is 4. The van der Waals surface area contributed by atoms with Crippen LogP contribution < -0.4 is 9.47 Å². The Balaban J connectivity index is 2.37. The molecule has 1 aliphatic heterocycles. The molecule has 88 valence electrons. The minimum absolute atomic E-state index is 0.329. The maximum Gasteiger partial charge on any atom is 0.186 e. The van der Waals surface area contributed by atoms with Crippen LogP contribution in [-0.2, 0) is 9.47 Å². The van der Waals surface area contributed by atoms with Crippen molar-refractivity contribution in [1.82, 2.24) is 0 Å². The lowest BCUT2D eigenvalue weighted by Gasteiger charge is -2.14. The van der Waals surface area contributed by atoms with Crippen LogP contribution in [0.3, 0.4) is 0 Å². The number of methoxy groups -OCH3 is 2. The summed E-state index contributed by atoms with van der Waals surface area (Å²) in [5.74, 6) is 0.379. The molecule has 1 saturated heterocycles. The van der Waals surface area contributed by atoms with Gasteiger partial charge in [-0.25, -0.2) is 4.39 Å². The molecule has 0 amide bonds. The monoisotopic (exact) mass is 228 g/mol. The lowest BCUT2D eigenvalue weighted by molar-refractivity contribution is -0.0466. The van der Waals surface area contributed by atoms with Crippen molar-refractivity contribution in [3.63, 3.8) is 0 Å². The Hall–Kier alpha value is -1.33. The Labute approximate surface area is 92.9 Å². The second-order valence-corrected chi connectivity index (χ2v) is 3.30. The molecule has 1 heterocycles. The van der Waals surface area contributed by atoms with E-state index in [1.807, 2.05) is 0 Å². The summed E-state index contributed by atoms with van der Waals surface area (Å²) in [6.07, 6.45) is -0.653. The molecule has 0 atom stereocenters. The standard InChI is InChI=1S/C11H13FO4/c1-13-9-5-7(11-15-3-4-16-11)8(12)6-10(9)14-2/h5-6,11H,3-4H2,1-2H3. The summed E-state index contributed by atoms with van der Waals surface area (Å²) in [7, 11) is 2.95. The number of hydrogen-bond donors (Lipinski definition) is 0. The zero-order valence-electron chi connectivity index (χ0n) is 9.16. The fraction of sp³-hybridized carbons (Fsp3) is 0.455. The minimum Gasteiger partial charge on any atom is -0.493 e. The van der Waals surface area contributed by atoms with Gasteiger partial charge < -0.3 is 18.9 Å². The molecular weight excluding hydrogens is 215 g/mol. The van der Waals surface area contributed by atoms with Gasteiger partial charge in [0, 0.05) is 11.6 Å². The van der Waals surface area contributed by atoms with Gasteiger partial charge in [0.1, 0.15) is 5.82 Å². The van der Waals surface area contributed by atoms with Gasteiger partial charge in [0.15, 0.2) is 17.8 Å². The van der Waals surface area contributed by atoms with E-state index in [1.54, 1.807) is 0 Å². The summed E-state index contributed by atoms with van der Waals surface area (Å²) in [5.41, 5.74) is 0.329. The summed E-state index contributed by atoms with van der Waals surface area (Å²) < 4.78 is 34.3. The topological polar surface area (TPSA) is 36.9 Å². The van der Waals surface area contributed by atoms with Crippen molar-refractivity contribution in [3.8, 4) is 11.5 Å². The highest BCUT2D eigenvalue weighted by Gasteiger charge is 2.24. The molecule has 5 heteroatoms. The number of rotatable bonds is 3. The van der Waals surface area contributed by atoms with Gasteiger partial charge in [-0.05, 0) is 6.07 Å². The van der Waals surface area contributed by atoms with Gasteiger partial charge in [-0.2, -0.15) is 0 Å². The number of ether oxygens (including phenoxy) is 4. The first-order valence-corrected chi connectivity index (χ1v) is 4.91. The molecule has 2 rings (SSSR count). The molecule has 0 aromatic heterocycles. The van der Waals surface area contributed by atoms with Gasteiger partial charge >= 0.3 is 0 Å². The molecule has 0 unspecified atom stereocenters. The lowest BCUT2D eigenvalue weighted by Crippen LogP contribution is -2.03. The molecule has 0 N–H and O–H groups in total. The van der Waals surface area contributed by atoms with E-state index in [4.69, 9.17) is 18.9 Å². The van der Waals surface area contributed by atoms with Crippen LogP contribution in [0.1, 0.15) is 11.9 Å². The summed E-state index contributed by atoms with van der Waals surface area (Å²) >= 11 is 0. The van der Waals surface area contributed by atoms with Gasteiger partial charge in [-0.15, -0.1) is 0 Å². The average molecular weight is 228 g/mol. The van der Waals surface area contributed by atoms with Crippen LogP contribution in [0.2, 0.25) is 0 Å². The molecule has 0 radical (unpaired) electrons. The predicted octanol–water partition coefficient (Wildman–Crippen LogP) is 1.89. The largest absolute Gasteiger partial charge is 0.493 e. The van der Waals surface area contributed by atoms with Crippen LogP contribution in [0.4, 0.5) is 4.39 Å². The third kappa shape index (κ3) is 1.96. The third-order valence-electron chi connectivity index (χ3n) is 2.38. The van der Waals surface area contributed by atoms with Crippen molar-refractivity contribution >= 4 is 0 Å². The quantitative estimate of drug-likeness (QED) is 0.791. The Kier molecular flexibility index (Phi) is 3.26. The molecule has 0 aliphatic carbocycles. The Morgan fingerprint density at radius 2 is 1.69 bits per heavy atom. The molecule has 1 aromatic rings. The highest BCUT2D eigenvalue weighted by atomic mass is 19.1. The molecule has 1 aliphatic rings. The van der Waals surface area contributed by atoms with Crippen LogP contribution in [-0.4, -0.2) is 27.4 Å². The maximum absolute atomic E-state index is 13.7. The molecule has 1 fully saturated rings. The van der Waals surface area contributed by atoms with Crippen molar-refractivity contribution in [2.24, 2.45) is 0 Å². The zero-order valence-corrected chi connectivity index (χ0v) is 9.16. The number of halogens is 1. The highest BCUT2D eigenvalue weighted by Crippen LogP contribution is 2.35. The van der Waals surface area contributed by atoms with Gasteiger partial charge in [-0.1, -0.05) is 0 Å². The van der Waals surface area contributed by atoms with Crippen molar-refractivity contribution in [1.29, 1.82) is 0 Å². The molecule has 0 saturated carbocycles. The van der Waals surface area contributed by atoms with E-state index in [0.29, 0.717) is 30.3 Å². The van der Waals surface area contributed by atoms with Crippen LogP contribution >= 0.6 is 0 Å². The summed E-state index contributed by atoms with van der Waals surface area (Å²) in [5, 5.41) is 0. The Morgan fingerprint density at radius 1 is 1.12 bits per heavy atom. The molecule has 16 heavy (non-hydrogen) atoms. The highest BCUT2D eigenvalue weighted by molar-refractivity contribution is 5.44. The third-order valence-corrected chi connectivity index (χ3v) is 2.38. The van der Waals surface area contributed by atoms with Crippen LogP contribution in [0, 0.1) is 5.82 Å². The predicted molar refractivity (Wildman–Crippen MR) is 54.1 cm³/mol. The average Bonchev–Trinajstić information content (AvgIpc) is 2.82. The van der Waals surface area contributed by atoms with E-state index < -0.39 is 12.1 Å². The van der Waals surface area contributed by atoms with E-state index in [1.165, 1.54) is 26.4 Å². The van der Waals surface area contributed by atoms with Crippen molar-refractivity contribution in [3.05, 3.63) is 23.5 Å². The summed E-state index contributed by atoms with van der Waals surface area (Å²) in [6.45, 7) is 0.941. The molecule has 0 bridgehead atoms. The number of benzene rings is 1. The Morgan fingerprint density at radius 3 is 2.25 bits per heavy atom. The fourth-order valence-electron chi connectivity index (χ4n) is 1.59. The van der Waals surface area contributed by atoms with Gasteiger partial charge in [0.05, 0.1) is 27.4 Å². The molecule has 4 nitrogen and oxygen atoms in total. The fourth-order valence-corrected chi connectivity index (χ4v) is 1.59. The first-order chi connectivity index (χ1) is 7.76. The second kappa shape index (κ2) is 4.67. The summed E-state index contributed by atoms with van der Waals surface area (Å²) in [6, 6.07) is 2.80. The van der Waals surface area contributed by atoms with Gasteiger partial charge in [-0.3, -0.25) is 0 Å². The lowest BCUT2D eigenvalue weighted by atomic mass is 10.2. The van der Waals surface area contributed by atoms with Crippen molar-refractivity contribution < 1.29 is 23.3 Å². The summed E-state index contributed by atoms with van der Waals surface area (Å²) in [4.78, 5) is 0. The van der Waals surface area contributed by atoms with Crippen molar-refractivity contribution in [2.45, 2.75) is 6.29 Å². The van der Waals surface area contributed by atoms with E-state index in [2.05, 4.69) is 0 Å². The van der Waals surface area contributed by atoms with Crippen molar-refractivity contribution in [2.75, 3.05) is 27.4 Å². The SMILES string of the molecule is COc1cc(F)c(C2OCCO2)cc1OC. The smallest absolute Gasteiger partial charge is 0.186 e. The molecule has 0 spiro atoms. The first-order valence-electron chi connectivity index (χ1n) is 4.91. The van der Waals surface area contributed by atoms with E-state index in [9.17, 15) is 4.39 Å². The first kappa shape index (κ1) is 11.2. The van der Waals surface area contributed by atoms with Crippen LogP contribution in [0.5, 0.6) is 11.5 Å². The maximum atomic E-state index is 13.7. The Bertz CT molecular complexity index is 374. The molecule has 1 aromatic carbocycles. The van der Waals surface area contributed by atoms with E-state index >= 15 is 0 Å². The van der Waals surface area contributed by atoms with Gasteiger partial charge in [0.2, 0.25) is 0 Å². The second-order valence-electron chi connectivity index (χ2n) is 3.30. The molecular formula is C11H13FO4. The minimum atomic E-state index is -0.653. The zero-order chi connectivity index (χ0) is 11.5. The van der Waals surface area contributed by atoms with E-state index in [-0.39, 0.29) is 0 Å².